The highest BCUT2D eigenvalue weighted by molar-refractivity contribution is 14.1. The second kappa shape index (κ2) is 6.93. The molecule has 0 spiro atoms. The van der Waals surface area contributed by atoms with Gasteiger partial charge in [-0.2, -0.15) is 23.3 Å². The molecule has 0 fully saturated rings. The Balaban J connectivity index is 2.06. The van der Waals surface area contributed by atoms with E-state index in [1.807, 2.05) is 22.6 Å². The van der Waals surface area contributed by atoms with Gasteiger partial charge in [0.1, 0.15) is 5.71 Å². The maximum Gasteiger partial charge on any atom is 0.431 e. The summed E-state index contributed by atoms with van der Waals surface area (Å²) in [4.78, 5) is 12.8. The van der Waals surface area contributed by atoms with Crippen molar-refractivity contribution in [2.45, 2.75) is 18.3 Å². The van der Waals surface area contributed by atoms with Gasteiger partial charge in [-0.1, -0.05) is 28.1 Å². The largest absolute Gasteiger partial charge is 0.431 e. The number of carbonyl (C=O) groups is 1. The van der Waals surface area contributed by atoms with Crippen molar-refractivity contribution in [1.29, 1.82) is 0 Å². The fourth-order valence-corrected chi connectivity index (χ4v) is 3.20. The summed E-state index contributed by atoms with van der Waals surface area (Å²) >= 11 is 5.28. The average molecular weight is 539 g/mol. The van der Waals surface area contributed by atoms with Gasteiger partial charge in [-0.05, 0) is 59.0 Å². The molecule has 3 rings (SSSR count). The molecule has 0 saturated carbocycles. The standard InChI is InChI=1S/C17H11BrF3IN2O2/c18-12-5-3-11(4-6-12)16(26)9-14(17(19,20)21)23-24(16)15(25)10-1-7-13(22)8-2-10/h1-8,26H,9H2. The minimum atomic E-state index is -4.75. The minimum absolute atomic E-state index is 0.133. The summed E-state index contributed by atoms with van der Waals surface area (Å²) in [5.74, 6) is -0.814. The number of benzene rings is 2. The molecule has 0 bridgehead atoms. The molecule has 9 heteroatoms. The monoisotopic (exact) mass is 538 g/mol. The number of amides is 1. The number of hydrazone groups is 1. The van der Waals surface area contributed by atoms with E-state index in [1.54, 1.807) is 24.3 Å². The second-order valence-electron chi connectivity index (χ2n) is 5.67. The lowest BCUT2D eigenvalue weighted by molar-refractivity contribution is -0.0816. The molecular formula is C17H11BrF3IN2O2. The zero-order valence-corrected chi connectivity index (χ0v) is 16.7. The SMILES string of the molecule is O=C(c1ccc(I)cc1)N1N=C(C(F)(F)F)CC1(O)c1ccc(Br)cc1. The van der Waals surface area contributed by atoms with E-state index in [9.17, 15) is 23.1 Å². The van der Waals surface area contributed by atoms with Gasteiger partial charge < -0.3 is 5.11 Å². The predicted molar refractivity (Wildman–Crippen MR) is 101 cm³/mol. The summed E-state index contributed by atoms with van der Waals surface area (Å²) in [5.41, 5.74) is -3.15. The van der Waals surface area contributed by atoms with Crippen LogP contribution >= 0.6 is 38.5 Å². The molecule has 4 nitrogen and oxygen atoms in total. The molecule has 26 heavy (non-hydrogen) atoms. The van der Waals surface area contributed by atoms with Gasteiger partial charge in [-0.15, -0.1) is 0 Å². The Bertz CT molecular complexity index is 869. The van der Waals surface area contributed by atoms with E-state index >= 15 is 0 Å². The molecule has 2 aromatic carbocycles. The number of rotatable bonds is 2. The smallest absolute Gasteiger partial charge is 0.365 e. The van der Waals surface area contributed by atoms with Crippen molar-refractivity contribution in [2.24, 2.45) is 5.10 Å². The third kappa shape index (κ3) is 3.65. The number of aliphatic hydroxyl groups is 1. The second-order valence-corrected chi connectivity index (χ2v) is 7.83. The molecule has 2 aromatic rings. The first-order valence-corrected chi connectivity index (χ1v) is 9.22. The Morgan fingerprint density at radius 3 is 2.27 bits per heavy atom. The quantitative estimate of drug-likeness (QED) is 0.565. The Labute approximate surface area is 169 Å². The van der Waals surface area contributed by atoms with E-state index < -0.39 is 29.9 Å². The van der Waals surface area contributed by atoms with E-state index in [0.717, 1.165) is 3.57 Å². The molecule has 1 atom stereocenters. The van der Waals surface area contributed by atoms with Crippen LogP contribution in [0.4, 0.5) is 13.2 Å². The normalized spacial score (nSPS) is 20.2. The van der Waals surface area contributed by atoms with Gasteiger partial charge in [0.25, 0.3) is 5.91 Å². The maximum absolute atomic E-state index is 13.2. The van der Waals surface area contributed by atoms with Crippen molar-refractivity contribution in [3.8, 4) is 0 Å². The number of hydrogen-bond acceptors (Lipinski definition) is 3. The van der Waals surface area contributed by atoms with Gasteiger partial charge in [-0.25, -0.2) is 0 Å². The lowest BCUT2D eigenvalue weighted by Crippen LogP contribution is -2.43. The number of hydrogen-bond donors (Lipinski definition) is 1. The van der Waals surface area contributed by atoms with Crippen LogP contribution in [0.25, 0.3) is 0 Å². The molecule has 136 valence electrons. The first-order chi connectivity index (χ1) is 12.1. The number of halogens is 5. The molecule has 1 heterocycles. The molecule has 1 unspecified atom stereocenters. The number of nitrogens with zero attached hydrogens (tertiary/aromatic N) is 2. The van der Waals surface area contributed by atoms with Crippen LogP contribution < -0.4 is 0 Å². The third-order valence-electron chi connectivity index (χ3n) is 3.90. The Morgan fingerprint density at radius 2 is 1.73 bits per heavy atom. The van der Waals surface area contributed by atoms with Crippen LogP contribution in [-0.2, 0) is 5.72 Å². The van der Waals surface area contributed by atoms with Crippen LogP contribution in [0.3, 0.4) is 0 Å². The molecule has 1 aliphatic rings. The zero-order chi connectivity index (χ0) is 19.1. The van der Waals surface area contributed by atoms with Gasteiger partial charge in [0.15, 0.2) is 5.72 Å². The molecule has 0 radical (unpaired) electrons. The molecule has 1 N–H and O–H groups in total. The first kappa shape index (κ1) is 19.3. The van der Waals surface area contributed by atoms with Gasteiger partial charge in [0, 0.05) is 19.2 Å². The minimum Gasteiger partial charge on any atom is -0.365 e. The van der Waals surface area contributed by atoms with E-state index in [1.165, 1.54) is 24.3 Å². The lowest BCUT2D eigenvalue weighted by Gasteiger charge is -2.31. The van der Waals surface area contributed by atoms with E-state index in [2.05, 4.69) is 21.0 Å². The van der Waals surface area contributed by atoms with Crippen molar-refractivity contribution in [3.63, 3.8) is 0 Å². The summed E-state index contributed by atoms with van der Waals surface area (Å²) in [6, 6.07) is 12.3. The predicted octanol–water partition coefficient (Wildman–Crippen LogP) is 4.66. The molecule has 0 aliphatic carbocycles. The van der Waals surface area contributed by atoms with Crippen molar-refractivity contribution in [1.82, 2.24) is 5.01 Å². The maximum atomic E-state index is 13.2. The van der Waals surface area contributed by atoms with Crippen LogP contribution in [0.5, 0.6) is 0 Å². The number of carbonyl (C=O) groups excluding carboxylic acids is 1. The summed E-state index contributed by atoms with van der Waals surface area (Å²) in [6.45, 7) is 0. The highest BCUT2D eigenvalue weighted by atomic mass is 127. The number of alkyl halides is 3. The van der Waals surface area contributed by atoms with Crippen LogP contribution in [0.1, 0.15) is 22.3 Å². The third-order valence-corrected chi connectivity index (χ3v) is 5.15. The fraction of sp³-hybridized carbons (Fsp3) is 0.176. The Kier molecular flexibility index (Phi) is 5.15. The topological polar surface area (TPSA) is 52.9 Å². The molecule has 1 aliphatic heterocycles. The van der Waals surface area contributed by atoms with Crippen LogP contribution in [-0.4, -0.2) is 27.9 Å². The molecule has 0 aromatic heterocycles. The van der Waals surface area contributed by atoms with Crippen LogP contribution in [0, 0.1) is 3.57 Å². The fourth-order valence-electron chi connectivity index (χ4n) is 2.57. The Hall–Kier alpha value is -1.46. The van der Waals surface area contributed by atoms with Crippen molar-refractivity contribution < 1.29 is 23.1 Å². The van der Waals surface area contributed by atoms with Crippen molar-refractivity contribution in [3.05, 3.63) is 67.7 Å². The van der Waals surface area contributed by atoms with E-state index in [0.29, 0.717) is 9.48 Å². The van der Waals surface area contributed by atoms with E-state index in [4.69, 9.17) is 0 Å². The zero-order valence-electron chi connectivity index (χ0n) is 13.0. The summed E-state index contributed by atoms with van der Waals surface area (Å²) in [6.07, 6.45) is -5.58. The summed E-state index contributed by atoms with van der Waals surface area (Å²) in [7, 11) is 0. The van der Waals surface area contributed by atoms with Crippen LogP contribution in [0.15, 0.2) is 58.1 Å². The molecule has 0 saturated heterocycles. The Morgan fingerprint density at radius 1 is 1.15 bits per heavy atom. The van der Waals surface area contributed by atoms with Gasteiger partial charge >= 0.3 is 6.18 Å². The van der Waals surface area contributed by atoms with Crippen LogP contribution in [0.2, 0.25) is 0 Å². The average Bonchev–Trinajstić information content (AvgIpc) is 2.94. The van der Waals surface area contributed by atoms with Gasteiger partial charge in [0.05, 0.1) is 6.42 Å². The van der Waals surface area contributed by atoms with Gasteiger partial charge in [0.2, 0.25) is 0 Å². The molecule has 1 amide bonds. The highest BCUT2D eigenvalue weighted by Gasteiger charge is 2.53. The summed E-state index contributed by atoms with van der Waals surface area (Å²) < 4.78 is 41.1. The lowest BCUT2D eigenvalue weighted by atomic mass is 9.96. The first-order valence-electron chi connectivity index (χ1n) is 7.34. The van der Waals surface area contributed by atoms with Crippen molar-refractivity contribution >= 4 is 50.1 Å². The van der Waals surface area contributed by atoms with E-state index in [-0.39, 0.29) is 11.1 Å². The van der Waals surface area contributed by atoms with Gasteiger partial charge in [-0.3, -0.25) is 4.79 Å². The van der Waals surface area contributed by atoms with Crippen molar-refractivity contribution in [2.75, 3.05) is 0 Å². The highest BCUT2D eigenvalue weighted by Crippen LogP contribution is 2.40. The summed E-state index contributed by atoms with van der Waals surface area (Å²) in [5, 5.41) is 14.9. The molecular weight excluding hydrogens is 528 g/mol.